The number of carbonyl (C=O) groups excluding carboxylic acids is 1. The van der Waals surface area contributed by atoms with Crippen molar-refractivity contribution in [3.63, 3.8) is 0 Å². The fourth-order valence-corrected chi connectivity index (χ4v) is 6.03. The van der Waals surface area contributed by atoms with Crippen molar-refractivity contribution in [3.05, 3.63) is 27.0 Å². The Morgan fingerprint density at radius 1 is 1.38 bits per heavy atom. The van der Waals surface area contributed by atoms with Crippen molar-refractivity contribution in [3.8, 4) is 11.5 Å². The van der Waals surface area contributed by atoms with E-state index in [9.17, 15) is 14.7 Å². The summed E-state index contributed by atoms with van der Waals surface area (Å²) in [6.45, 7) is 4.58. The summed E-state index contributed by atoms with van der Waals surface area (Å²) >= 11 is 1.11. The van der Waals surface area contributed by atoms with E-state index in [0.29, 0.717) is 34.9 Å². The summed E-state index contributed by atoms with van der Waals surface area (Å²) in [5.74, 6) is -0.613. The maximum absolute atomic E-state index is 15.5. The van der Waals surface area contributed by atoms with Crippen LogP contribution in [-0.2, 0) is 0 Å². The van der Waals surface area contributed by atoms with Crippen LogP contribution in [0.1, 0.15) is 48.8 Å². The molecule has 3 N–H and O–H groups in total. The van der Waals surface area contributed by atoms with Gasteiger partial charge >= 0.3 is 0 Å². The second-order valence-electron chi connectivity index (χ2n) is 8.94. The number of methoxy groups -OCH3 is 1. The van der Waals surface area contributed by atoms with E-state index < -0.39 is 11.2 Å². The highest BCUT2D eigenvalue weighted by Crippen LogP contribution is 2.48. The number of Topliss-reactive ketones (excluding diaryl/α,β-unsaturated/α-hetero) is 1. The lowest BCUT2D eigenvalue weighted by Crippen LogP contribution is -2.30. The highest BCUT2D eigenvalue weighted by molar-refractivity contribution is 7.21. The number of nitrogens with zero attached hydrogens (tertiary/aromatic N) is 2. The first-order valence-corrected chi connectivity index (χ1v) is 11.7. The van der Waals surface area contributed by atoms with Crippen LogP contribution in [0, 0.1) is 11.7 Å². The molecule has 0 bridgehead atoms. The molecule has 2 atom stereocenters. The molecule has 3 heterocycles. The Hall–Kier alpha value is -2.65. The van der Waals surface area contributed by atoms with Gasteiger partial charge in [-0.15, -0.1) is 11.3 Å². The topological polar surface area (TPSA) is 97.8 Å². The number of ether oxygens (including phenoxy) is 1. The number of hydrogen-bond acceptors (Lipinski definition) is 7. The summed E-state index contributed by atoms with van der Waals surface area (Å²) in [5.41, 5.74) is 6.45. The van der Waals surface area contributed by atoms with Crippen LogP contribution in [0.2, 0.25) is 0 Å². The molecule has 2 fully saturated rings. The molecule has 3 aromatic rings. The Bertz CT molecular complexity index is 1320. The summed E-state index contributed by atoms with van der Waals surface area (Å²) in [5, 5.41) is 10.9. The molecule has 0 spiro atoms. The van der Waals surface area contributed by atoms with Crippen LogP contribution < -0.4 is 20.8 Å². The van der Waals surface area contributed by atoms with Crippen molar-refractivity contribution in [2.24, 2.45) is 11.7 Å². The van der Waals surface area contributed by atoms with Gasteiger partial charge in [-0.2, -0.15) is 0 Å². The molecule has 1 aromatic carbocycles. The first kappa shape index (κ1) is 21.2. The molecule has 1 saturated heterocycles. The van der Waals surface area contributed by atoms with E-state index >= 15 is 4.39 Å². The molecule has 0 unspecified atom stereocenters. The lowest BCUT2D eigenvalue weighted by Gasteiger charge is -2.25. The van der Waals surface area contributed by atoms with Crippen molar-refractivity contribution in [1.29, 1.82) is 0 Å². The maximum atomic E-state index is 15.5. The van der Waals surface area contributed by atoms with Gasteiger partial charge in [0.25, 0.3) is 0 Å². The number of aromatic hydroxyl groups is 1. The minimum atomic E-state index is -0.542. The Morgan fingerprint density at radius 3 is 2.66 bits per heavy atom. The zero-order valence-electron chi connectivity index (χ0n) is 18.3. The van der Waals surface area contributed by atoms with Gasteiger partial charge in [0, 0.05) is 32.1 Å². The van der Waals surface area contributed by atoms with E-state index in [1.165, 1.54) is 20.1 Å². The first-order valence-electron chi connectivity index (χ1n) is 10.9. The van der Waals surface area contributed by atoms with Crippen molar-refractivity contribution >= 4 is 43.9 Å². The van der Waals surface area contributed by atoms with E-state index in [2.05, 4.69) is 0 Å². The second kappa shape index (κ2) is 7.45. The second-order valence-corrected chi connectivity index (χ2v) is 9.94. The number of pyridine rings is 1. The SMILES string of the molecule is COc1c(N2CC[C@@H]([C@H](C)N)C2)c(F)cc2c(=O)c3c(O)c(C(C)=O)sc3n(C3CC3)c12. The number of thiophene rings is 1. The molecular weight excluding hydrogens is 433 g/mol. The zero-order chi connectivity index (χ0) is 22.9. The third kappa shape index (κ3) is 3.02. The molecule has 2 aromatic heterocycles. The van der Waals surface area contributed by atoms with Crippen molar-refractivity contribution in [2.45, 2.75) is 45.2 Å². The molecule has 7 nitrogen and oxygen atoms in total. The standard InChI is InChI=1S/C23H26FN3O4S/c1-10(25)12-6-7-26(9-12)18-15(24)8-14-17(21(18)31-3)27(13-4-5-13)23-16(19(14)29)20(30)22(32-23)11(2)28/h8,10,12-13,30H,4-7,9,25H2,1-3H3/t10-,12+/m0/s1. The fraction of sp³-hybridized carbons (Fsp3) is 0.478. The number of fused-ring (bicyclic) bond motifs is 2. The number of rotatable bonds is 5. The van der Waals surface area contributed by atoms with E-state index in [1.807, 2.05) is 16.4 Å². The number of carbonyl (C=O) groups is 1. The number of anilines is 1. The summed E-state index contributed by atoms with van der Waals surface area (Å²) in [4.78, 5) is 28.1. The Morgan fingerprint density at radius 2 is 2.09 bits per heavy atom. The molecule has 1 saturated carbocycles. The summed E-state index contributed by atoms with van der Waals surface area (Å²) in [7, 11) is 1.48. The average Bonchev–Trinajstić information content (AvgIpc) is 3.34. The van der Waals surface area contributed by atoms with E-state index in [-0.39, 0.29) is 45.2 Å². The van der Waals surface area contributed by atoms with Gasteiger partial charge in [-0.25, -0.2) is 4.39 Å². The van der Waals surface area contributed by atoms with Gasteiger partial charge in [0.15, 0.2) is 23.1 Å². The van der Waals surface area contributed by atoms with Crippen LogP contribution in [0.3, 0.4) is 0 Å². The number of aromatic nitrogens is 1. The Labute approximate surface area is 188 Å². The van der Waals surface area contributed by atoms with Crippen molar-refractivity contribution < 1.29 is 19.0 Å². The lowest BCUT2D eigenvalue weighted by atomic mass is 10.0. The van der Waals surface area contributed by atoms with Crippen LogP contribution in [0.5, 0.6) is 11.5 Å². The maximum Gasteiger partial charge on any atom is 0.202 e. The summed E-state index contributed by atoms with van der Waals surface area (Å²) < 4.78 is 23.2. The van der Waals surface area contributed by atoms with Crippen molar-refractivity contribution in [2.75, 3.05) is 25.1 Å². The van der Waals surface area contributed by atoms with Gasteiger partial charge in [-0.1, -0.05) is 0 Å². The van der Waals surface area contributed by atoms with E-state index in [1.54, 1.807) is 0 Å². The molecule has 170 valence electrons. The largest absolute Gasteiger partial charge is 0.505 e. The van der Waals surface area contributed by atoms with E-state index in [0.717, 1.165) is 30.6 Å². The molecule has 5 rings (SSSR count). The van der Waals surface area contributed by atoms with Gasteiger partial charge in [0.1, 0.15) is 20.8 Å². The fourth-order valence-electron chi connectivity index (χ4n) is 4.87. The highest BCUT2D eigenvalue weighted by atomic mass is 32.1. The van der Waals surface area contributed by atoms with Crippen LogP contribution in [0.15, 0.2) is 10.9 Å². The molecule has 0 amide bonds. The zero-order valence-corrected chi connectivity index (χ0v) is 19.1. The third-order valence-corrected chi connectivity index (χ3v) is 7.98. The minimum Gasteiger partial charge on any atom is -0.505 e. The van der Waals surface area contributed by atoms with Gasteiger partial charge in [-0.05, 0) is 38.2 Å². The van der Waals surface area contributed by atoms with Crippen LogP contribution in [0.4, 0.5) is 10.1 Å². The van der Waals surface area contributed by atoms with Gasteiger partial charge in [-0.3, -0.25) is 9.59 Å². The number of hydrogen-bond donors (Lipinski definition) is 2. The predicted molar refractivity (Wildman–Crippen MR) is 124 cm³/mol. The molecule has 2 aliphatic rings. The van der Waals surface area contributed by atoms with Gasteiger partial charge < -0.3 is 25.0 Å². The Balaban J connectivity index is 1.86. The normalized spacial score (nSPS) is 19.8. The predicted octanol–water partition coefficient (Wildman–Crippen LogP) is 3.78. The lowest BCUT2D eigenvalue weighted by molar-refractivity contribution is 0.101. The number of nitrogens with two attached hydrogens (primary N) is 1. The molecule has 0 radical (unpaired) electrons. The van der Waals surface area contributed by atoms with Gasteiger partial charge in [0.2, 0.25) is 5.43 Å². The third-order valence-electron chi connectivity index (χ3n) is 6.70. The number of benzene rings is 1. The first-order chi connectivity index (χ1) is 15.2. The van der Waals surface area contributed by atoms with Crippen LogP contribution in [-0.4, -0.2) is 41.7 Å². The Kier molecular flexibility index (Phi) is 4.94. The molecule has 9 heteroatoms. The van der Waals surface area contributed by atoms with E-state index in [4.69, 9.17) is 10.5 Å². The molecule has 1 aliphatic heterocycles. The van der Waals surface area contributed by atoms with Crippen molar-refractivity contribution in [1.82, 2.24) is 4.57 Å². The smallest absolute Gasteiger partial charge is 0.202 e. The molecular formula is C23H26FN3O4S. The average molecular weight is 460 g/mol. The number of ketones is 1. The van der Waals surface area contributed by atoms with Gasteiger partial charge in [0.05, 0.1) is 18.0 Å². The monoisotopic (exact) mass is 459 g/mol. The van der Waals surface area contributed by atoms with Crippen LogP contribution >= 0.6 is 11.3 Å². The van der Waals surface area contributed by atoms with Crippen LogP contribution in [0.25, 0.3) is 21.1 Å². The molecule has 32 heavy (non-hydrogen) atoms. The molecule has 1 aliphatic carbocycles. The minimum absolute atomic E-state index is 0.00197. The highest BCUT2D eigenvalue weighted by Gasteiger charge is 2.35. The quantitative estimate of drug-likeness (QED) is 0.564. The summed E-state index contributed by atoms with van der Waals surface area (Å²) in [6.07, 6.45) is 2.65. The number of halogens is 1. The summed E-state index contributed by atoms with van der Waals surface area (Å²) in [6, 6.07) is 1.34.